The Morgan fingerprint density at radius 3 is 0.762 bits per heavy atom. The lowest BCUT2D eigenvalue weighted by Gasteiger charge is -2.15. The van der Waals surface area contributed by atoms with E-state index in [4.69, 9.17) is 9.47 Å². The van der Waals surface area contributed by atoms with Crippen molar-refractivity contribution in [2.24, 2.45) is 0 Å². The van der Waals surface area contributed by atoms with E-state index in [0.29, 0.717) is 12.8 Å². The molecule has 470 valence electrons. The van der Waals surface area contributed by atoms with E-state index in [2.05, 4.69) is 62.5 Å². The number of hydrogen-bond acceptors (Lipinski definition) is 5. The van der Waals surface area contributed by atoms with Gasteiger partial charge in [-0.05, 0) is 77.0 Å². The average molecular weight is 1120 g/mol. The van der Waals surface area contributed by atoms with Gasteiger partial charge < -0.3 is 14.6 Å². The molecule has 0 saturated carbocycles. The van der Waals surface area contributed by atoms with Gasteiger partial charge in [0.05, 0.1) is 6.61 Å². The van der Waals surface area contributed by atoms with Crippen molar-refractivity contribution >= 4 is 11.9 Å². The van der Waals surface area contributed by atoms with E-state index >= 15 is 0 Å². The second-order valence-electron chi connectivity index (χ2n) is 24.7. The van der Waals surface area contributed by atoms with Crippen LogP contribution in [0.5, 0.6) is 0 Å². The molecule has 0 saturated heterocycles. The number of allylic oxidation sites excluding steroid dienone is 8. The van der Waals surface area contributed by atoms with Crippen LogP contribution in [0, 0.1) is 0 Å². The topological polar surface area (TPSA) is 72.8 Å². The molecule has 0 heterocycles. The van der Waals surface area contributed by atoms with Crippen LogP contribution in [0.2, 0.25) is 0 Å². The minimum Gasteiger partial charge on any atom is -0.462 e. The predicted molar refractivity (Wildman–Crippen MR) is 353 cm³/mol. The van der Waals surface area contributed by atoms with Crippen molar-refractivity contribution in [3.05, 3.63) is 48.6 Å². The van der Waals surface area contributed by atoms with E-state index in [-0.39, 0.29) is 25.2 Å². The summed E-state index contributed by atoms with van der Waals surface area (Å²) in [7, 11) is 0. The number of hydrogen-bond donors (Lipinski definition) is 1. The second-order valence-corrected chi connectivity index (χ2v) is 24.7. The average Bonchev–Trinajstić information content (AvgIpc) is 3.46. The van der Waals surface area contributed by atoms with Crippen LogP contribution >= 0.6 is 0 Å². The summed E-state index contributed by atoms with van der Waals surface area (Å²) in [6.45, 7) is 4.18. The lowest BCUT2D eigenvalue weighted by molar-refractivity contribution is -0.161. The minimum absolute atomic E-state index is 0.0613. The summed E-state index contributed by atoms with van der Waals surface area (Å²) in [5.74, 6) is -0.570. The molecule has 0 aliphatic rings. The second kappa shape index (κ2) is 71.1. The van der Waals surface area contributed by atoms with Crippen LogP contribution in [0.1, 0.15) is 399 Å². The predicted octanol–water partition coefficient (Wildman–Crippen LogP) is 25.1. The molecule has 0 bridgehead atoms. The van der Waals surface area contributed by atoms with E-state index in [1.165, 1.54) is 327 Å². The van der Waals surface area contributed by atoms with Gasteiger partial charge in [-0.25, -0.2) is 0 Å². The van der Waals surface area contributed by atoms with Crippen LogP contribution in [0.4, 0.5) is 0 Å². The molecule has 1 unspecified atom stereocenters. The van der Waals surface area contributed by atoms with Gasteiger partial charge in [0, 0.05) is 12.8 Å². The smallest absolute Gasteiger partial charge is 0.306 e. The van der Waals surface area contributed by atoms with Crippen LogP contribution in [-0.4, -0.2) is 36.4 Å². The van der Waals surface area contributed by atoms with Crippen LogP contribution in [0.3, 0.4) is 0 Å². The summed E-state index contributed by atoms with van der Waals surface area (Å²) in [5, 5.41) is 9.71. The largest absolute Gasteiger partial charge is 0.462 e. The Morgan fingerprint density at radius 1 is 0.287 bits per heavy atom. The fourth-order valence-corrected chi connectivity index (χ4v) is 11.2. The first kappa shape index (κ1) is 77.9. The molecule has 0 aliphatic carbocycles. The summed E-state index contributed by atoms with van der Waals surface area (Å²) in [4.78, 5) is 24.7. The Hall–Kier alpha value is -2.14. The zero-order valence-corrected chi connectivity index (χ0v) is 54.1. The number of rotatable bonds is 68. The Balaban J connectivity index is 3.39. The summed E-state index contributed by atoms with van der Waals surface area (Å²) in [6.07, 6.45) is 95.9. The van der Waals surface area contributed by atoms with Crippen molar-refractivity contribution in [2.45, 2.75) is 405 Å². The normalized spacial score (nSPS) is 12.4. The van der Waals surface area contributed by atoms with Crippen molar-refractivity contribution in [3.63, 3.8) is 0 Å². The molecule has 5 heteroatoms. The van der Waals surface area contributed by atoms with E-state index in [1.807, 2.05) is 0 Å². The summed E-state index contributed by atoms with van der Waals surface area (Å²) < 4.78 is 10.8. The van der Waals surface area contributed by atoms with Crippen molar-refractivity contribution in [1.29, 1.82) is 0 Å². The molecule has 0 amide bonds. The van der Waals surface area contributed by atoms with Gasteiger partial charge in [-0.3, -0.25) is 9.59 Å². The number of esters is 2. The lowest BCUT2D eigenvalue weighted by Crippen LogP contribution is -2.28. The van der Waals surface area contributed by atoms with Gasteiger partial charge in [-0.1, -0.05) is 358 Å². The lowest BCUT2D eigenvalue weighted by atomic mass is 10.0. The van der Waals surface area contributed by atoms with Crippen molar-refractivity contribution in [3.8, 4) is 0 Å². The highest BCUT2D eigenvalue weighted by Gasteiger charge is 2.16. The van der Waals surface area contributed by atoms with Crippen molar-refractivity contribution < 1.29 is 24.2 Å². The highest BCUT2D eigenvalue weighted by Crippen LogP contribution is 2.19. The molecule has 1 atom stereocenters. The summed E-state index contributed by atoms with van der Waals surface area (Å²) >= 11 is 0. The van der Waals surface area contributed by atoms with E-state index in [0.717, 1.165) is 44.9 Å². The molecule has 0 spiro atoms. The third-order valence-electron chi connectivity index (χ3n) is 16.6. The molecule has 0 rings (SSSR count). The quantitative estimate of drug-likeness (QED) is 0.0373. The van der Waals surface area contributed by atoms with Gasteiger partial charge in [-0.2, -0.15) is 0 Å². The van der Waals surface area contributed by atoms with Gasteiger partial charge in [0.1, 0.15) is 6.61 Å². The first-order valence-electron chi connectivity index (χ1n) is 36.2. The number of carbonyl (C=O) groups is 2. The number of carbonyl (C=O) groups excluding carboxylic acids is 2. The van der Waals surface area contributed by atoms with Gasteiger partial charge in [0.2, 0.25) is 0 Å². The highest BCUT2D eigenvalue weighted by molar-refractivity contribution is 5.70. The number of unbranched alkanes of at least 4 members (excludes halogenated alkanes) is 52. The Kier molecular flexibility index (Phi) is 69.2. The SMILES string of the molecule is CCCCCCC/C=C\C/C=C\C/C=C\CCCCCCCCCCCCCCCCC(=O)OC(CO)COC(=O)CCCCCCCCCCCCCCCCCCCCCCCCCCC/C=C\CCCCCCCCCC. The fourth-order valence-electron chi connectivity index (χ4n) is 11.2. The van der Waals surface area contributed by atoms with E-state index in [1.54, 1.807) is 0 Å². The van der Waals surface area contributed by atoms with Crippen molar-refractivity contribution in [1.82, 2.24) is 0 Å². The maximum Gasteiger partial charge on any atom is 0.306 e. The highest BCUT2D eigenvalue weighted by atomic mass is 16.6. The van der Waals surface area contributed by atoms with Gasteiger partial charge in [0.25, 0.3) is 0 Å². The standard InChI is InChI=1S/C75H140O5/c1-3-5-7-9-11-13-15-17-19-21-23-25-27-29-31-33-34-35-36-37-38-39-40-42-43-45-47-49-51-53-55-57-59-61-63-65-67-69-74(77)79-72-73(71-76)80-75(78)70-68-66-64-62-60-58-56-54-52-50-48-46-44-41-32-30-28-26-24-22-20-18-16-14-12-10-8-6-4-2/h16,18,21-24,28,30,73,76H,3-15,17,19-20,25-27,29,31-72H2,1-2H3/b18-16-,23-21-,24-22-,30-28-. The number of aliphatic hydroxyl groups is 1. The summed E-state index contributed by atoms with van der Waals surface area (Å²) in [6, 6.07) is 0. The summed E-state index contributed by atoms with van der Waals surface area (Å²) in [5.41, 5.74) is 0. The molecule has 0 aliphatic heterocycles. The molecular formula is C75H140O5. The van der Waals surface area contributed by atoms with Crippen LogP contribution in [0.15, 0.2) is 48.6 Å². The van der Waals surface area contributed by atoms with Gasteiger partial charge in [0.15, 0.2) is 6.10 Å². The monoisotopic (exact) mass is 1120 g/mol. The molecule has 80 heavy (non-hydrogen) atoms. The van der Waals surface area contributed by atoms with Crippen LogP contribution in [-0.2, 0) is 19.1 Å². The van der Waals surface area contributed by atoms with Crippen molar-refractivity contribution in [2.75, 3.05) is 13.2 Å². The number of aliphatic hydroxyl groups excluding tert-OH is 1. The molecule has 1 N–H and O–H groups in total. The maximum atomic E-state index is 12.4. The minimum atomic E-state index is -0.772. The first-order chi connectivity index (χ1) is 39.6. The maximum absolute atomic E-state index is 12.4. The Labute approximate surface area is 500 Å². The number of ether oxygens (including phenoxy) is 2. The van der Waals surface area contributed by atoms with Crippen LogP contribution in [0.25, 0.3) is 0 Å². The Bertz CT molecular complexity index is 1320. The molecule has 5 nitrogen and oxygen atoms in total. The molecule has 0 radical (unpaired) electrons. The third-order valence-corrected chi connectivity index (χ3v) is 16.6. The van der Waals surface area contributed by atoms with Gasteiger partial charge >= 0.3 is 11.9 Å². The molecular weight excluding hydrogens is 981 g/mol. The first-order valence-corrected chi connectivity index (χ1v) is 36.2. The van der Waals surface area contributed by atoms with Crippen LogP contribution < -0.4 is 0 Å². The third kappa shape index (κ3) is 68.4. The Morgan fingerprint density at radius 2 is 0.500 bits per heavy atom. The zero-order valence-electron chi connectivity index (χ0n) is 54.1. The van der Waals surface area contributed by atoms with Gasteiger partial charge in [-0.15, -0.1) is 0 Å². The zero-order chi connectivity index (χ0) is 57.6. The van der Waals surface area contributed by atoms with E-state index in [9.17, 15) is 14.7 Å². The molecule has 0 aromatic heterocycles. The van der Waals surface area contributed by atoms with E-state index < -0.39 is 6.10 Å². The molecule has 0 aromatic rings. The fraction of sp³-hybridized carbons (Fsp3) is 0.867. The molecule has 0 aromatic carbocycles. The molecule has 0 fully saturated rings.